The first-order valence-electron chi connectivity index (χ1n) is 12.4. The van der Waals surface area contributed by atoms with Crippen LogP contribution in [0.5, 0.6) is 0 Å². The maximum atomic E-state index is 13.6. The van der Waals surface area contributed by atoms with Crippen molar-refractivity contribution in [2.75, 3.05) is 26.4 Å². The van der Waals surface area contributed by atoms with E-state index in [0.717, 1.165) is 33.4 Å². The van der Waals surface area contributed by atoms with E-state index in [4.69, 9.17) is 18.1 Å². The van der Waals surface area contributed by atoms with Gasteiger partial charge in [0.05, 0.1) is 38.8 Å². The highest BCUT2D eigenvalue weighted by Gasteiger charge is 2.30. The molecule has 0 bridgehead atoms. The molecule has 0 heterocycles. The fourth-order valence-electron chi connectivity index (χ4n) is 4.19. The van der Waals surface area contributed by atoms with Gasteiger partial charge in [0.2, 0.25) is 0 Å². The van der Waals surface area contributed by atoms with Gasteiger partial charge in [-0.2, -0.15) is 0 Å². The largest absolute Gasteiger partial charge is 0.335 e. The molecular weight excluding hydrogens is 494 g/mol. The summed E-state index contributed by atoms with van der Waals surface area (Å²) < 4.78 is 49.7. The van der Waals surface area contributed by atoms with Crippen molar-refractivity contribution in [1.29, 1.82) is 0 Å². The quantitative estimate of drug-likeness (QED) is 0.195. The summed E-state index contributed by atoms with van der Waals surface area (Å²) in [5.74, 6) is 0. The molecule has 36 heavy (non-hydrogen) atoms. The number of benzene rings is 3. The predicted molar refractivity (Wildman–Crippen MR) is 146 cm³/mol. The summed E-state index contributed by atoms with van der Waals surface area (Å²) in [7, 11) is -6.76. The molecule has 0 N–H and O–H groups in total. The van der Waals surface area contributed by atoms with Crippen LogP contribution in [-0.2, 0) is 39.5 Å². The molecule has 3 aromatic rings. The van der Waals surface area contributed by atoms with Crippen LogP contribution in [0.25, 0.3) is 22.3 Å². The number of hydrogen-bond donors (Lipinski definition) is 0. The number of rotatable bonds is 14. The summed E-state index contributed by atoms with van der Waals surface area (Å²) in [6.45, 7) is 8.37. The Hall–Kier alpha value is -2.04. The van der Waals surface area contributed by atoms with Gasteiger partial charge >= 0.3 is 15.2 Å². The first kappa shape index (κ1) is 28.5. The van der Waals surface area contributed by atoms with Crippen molar-refractivity contribution in [3.63, 3.8) is 0 Å². The van der Waals surface area contributed by atoms with E-state index in [0.29, 0.717) is 0 Å². The molecule has 8 heteroatoms. The van der Waals surface area contributed by atoms with Crippen molar-refractivity contribution in [3.05, 3.63) is 83.9 Å². The van der Waals surface area contributed by atoms with Gasteiger partial charge in [0.15, 0.2) is 0 Å². The summed E-state index contributed by atoms with van der Waals surface area (Å²) in [6, 6.07) is 23.8. The van der Waals surface area contributed by atoms with E-state index in [-0.39, 0.29) is 38.8 Å². The number of hydrogen-bond acceptors (Lipinski definition) is 6. The minimum Gasteiger partial charge on any atom is -0.309 e. The standard InChI is InChI=1S/C28H36O6P2/c1-5-31-35(29,32-6-2)21-25-19-28(24-17-13-10-14-18-24)26(22-36(30,33-7-3)34-8-4)20-27(25)23-15-11-9-12-16-23/h9-20H,5-8,21-22H2,1-4H3. The van der Waals surface area contributed by atoms with Crippen LogP contribution in [0.1, 0.15) is 38.8 Å². The lowest BCUT2D eigenvalue weighted by atomic mass is 9.92. The first-order chi connectivity index (χ1) is 17.4. The van der Waals surface area contributed by atoms with Crippen LogP contribution < -0.4 is 0 Å². The van der Waals surface area contributed by atoms with E-state index in [1.807, 2.05) is 72.8 Å². The highest BCUT2D eigenvalue weighted by atomic mass is 31.2. The van der Waals surface area contributed by atoms with Crippen LogP contribution in [-0.4, -0.2) is 26.4 Å². The average molecular weight is 531 g/mol. The molecule has 0 amide bonds. The molecular formula is C28H36O6P2. The minimum absolute atomic E-state index is 0.119. The molecule has 0 atom stereocenters. The fraction of sp³-hybridized carbons (Fsp3) is 0.357. The van der Waals surface area contributed by atoms with E-state index in [1.165, 1.54) is 0 Å². The Labute approximate surface area is 215 Å². The van der Waals surface area contributed by atoms with Gasteiger partial charge in [-0.25, -0.2) is 0 Å². The highest BCUT2D eigenvalue weighted by molar-refractivity contribution is 7.53. The molecule has 0 aliphatic heterocycles. The first-order valence-corrected chi connectivity index (χ1v) is 15.9. The molecule has 3 aromatic carbocycles. The normalized spacial score (nSPS) is 12.1. The Balaban J connectivity index is 2.26. The van der Waals surface area contributed by atoms with Gasteiger partial charge in [-0.15, -0.1) is 0 Å². The molecule has 3 rings (SSSR count). The molecule has 0 aromatic heterocycles. The van der Waals surface area contributed by atoms with Crippen molar-refractivity contribution in [3.8, 4) is 22.3 Å². The van der Waals surface area contributed by atoms with Gasteiger partial charge in [-0.3, -0.25) is 9.13 Å². The Morgan fingerprint density at radius 1 is 0.528 bits per heavy atom. The highest BCUT2D eigenvalue weighted by Crippen LogP contribution is 2.55. The second-order valence-electron chi connectivity index (χ2n) is 8.11. The van der Waals surface area contributed by atoms with Crippen molar-refractivity contribution in [1.82, 2.24) is 0 Å². The summed E-state index contributed by atoms with van der Waals surface area (Å²) in [5, 5.41) is 0. The lowest BCUT2D eigenvalue weighted by molar-refractivity contribution is 0.218. The third-order valence-electron chi connectivity index (χ3n) is 5.53. The molecule has 6 nitrogen and oxygen atoms in total. The molecule has 0 aliphatic rings. The van der Waals surface area contributed by atoms with E-state index in [9.17, 15) is 9.13 Å². The van der Waals surface area contributed by atoms with Crippen LogP contribution >= 0.6 is 15.2 Å². The Kier molecular flexibility index (Phi) is 10.7. The topological polar surface area (TPSA) is 71.1 Å². The maximum Gasteiger partial charge on any atom is 0.335 e. The third kappa shape index (κ3) is 7.49. The summed E-state index contributed by atoms with van der Waals surface area (Å²) in [4.78, 5) is 0. The van der Waals surface area contributed by atoms with Crippen LogP contribution in [0.3, 0.4) is 0 Å². The van der Waals surface area contributed by atoms with Gasteiger partial charge in [0.1, 0.15) is 0 Å². The Bertz CT molecular complexity index is 1080. The smallest absolute Gasteiger partial charge is 0.309 e. The van der Waals surface area contributed by atoms with E-state index >= 15 is 0 Å². The maximum absolute atomic E-state index is 13.6. The zero-order valence-corrected chi connectivity index (χ0v) is 23.3. The second kappa shape index (κ2) is 13.5. The molecule has 0 spiro atoms. The van der Waals surface area contributed by atoms with Crippen LogP contribution in [0.2, 0.25) is 0 Å². The van der Waals surface area contributed by atoms with Crippen LogP contribution in [0.4, 0.5) is 0 Å². The zero-order valence-electron chi connectivity index (χ0n) is 21.5. The van der Waals surface area contributed by atoms with Gasteiger partial charge in [0, 0.05) is 0 Å². The Morgan fingerprint density at radius 3 is 1.11 bits per heavy atom. The fourth-order valence-corrected chi connectivity index (χ4v) is 7.63. The molecule has 0 saturated heterocycles. The lowest BCUT2D eigenvalue weighted by Gasteiger charge is -2.23. The van der Waals surface area contributed by atoms with Crippen LogP contribution in [0.15, 0.2) is 72.8 Å². The lowest BCUT2D eigenvalue weighted by Crippen LogP contribution is -2.04. The van der Waals surface area contributed by atoms with Crippen molar-refractivity contribution in [2.45, 2.75) is 40.0 Å². The second-order valence-corrected chi connectivity index (χ2v) is 12.2. The molecule has 0 unspecified atom stereocenters. The monoisotopic (exact) mass is 530 g/mol. The SMILES string of the molecule is CCOP(=O)(Cc1cc(-c2ccccc2)c(CP(=O)(OCC)OCC)cc1-c1ccccc1)OCC. The third-order valence-corrected chi connectivity index (χ3v) is 9.59. The van der Waals surface area contributed by atoms with Crippen molar-refractivity contribution in [2.24, 2.45) is 0 Å². The molecule has 0 aliphatic carbocycles. The molecule has 194 valence electrons. The minimum atomic E-state index is -3.38. The summed E-state index contributed by atoms with van der Waals surface area (Å²) in [6.07, 6.45) is 0.237. The van der Waals surface area contributed by atoms with E-state index in [2.05, 4.69) is 0 Å². The van der Waals surface area contributed by atoms with Crippen LogP contribution in [0, 0.1) is 0 Å². The average Bonchev–Trinajstić information content (AvgIpc) is 2.86. The van der Waals surface area contributed by atoms with E-state index < -0.39 is 15.2 Å². The van der Waals surface area contributed by atoms with Gasteiger partial charge in [-0.05, 0) is 73.2 Å². The van der Waals surface area contributed by atoms with Crippen molar-refractivity contribution < 1.29 is 27.2 Å². The van der Waals surface area contributed by atoms with Gasteiger partial charge in [0.25, 0.3) is 0 Å². The molecule has 0 saturated carbocycles. The molecule has 0 radical (unpaired) electrons. The summed E-state index contributed by atoms with van der Waals surface area (Å²) >= 11 is 0. The van der Waals surface area contributed by atoms with Crippen molar-refractivity contribution >= 4 is 15.2 Å². The Morgan fingerprint density at radius 2 is 0.833 bits per heavy atom. The van der Waals surface area contributed by atoms with Gasteiger partial charge in [-0.1, -0.05) is 60.7 Å². The van der Waals surface area contributed by atoms with Gasteiger partial charge < -0.3 is 18.1 Å². The summed E-state index contributed by atoms with van der Waals surface area (Å²) in [5.41, 5.74) is 5.33. The van der Waals surface area contributed by atoms with E-state index in [1.54, 1.807) is 27.7 Å². The molecule has 0 fully saturated rings. The predicted octanol–water partition coefficient (Wildman–Crippen LogP) is 8.55. The zero-order chi connectivity index (χ0) is 26.0.